The van der Waals surface area contributed by atoms with Gasteiger partial charge in [-0.05, 0) is 31.7 Å². The summed E-state index contributed by atoms with van der Waals surface area (Å²) in [6.07, 6.45) is -0.446. The molecule has 2 aromatic carbocycles. The van der Waals surface area contributed by atoms with Crippen LogP contribution in [0.2, 0.25) is 0 Å². The molecule has 4 heteroatoms. The van der Waals surface area contributed by atoms with Gasteiger partial charge in [-0.2, -0.15) is 0 Å². The van der Waals surface area contributed by atoms with Crippen LogP contribution >= 0.6 is 0 Å². The van der Waals surface area contributed by atoms with Crippen LogP contribution in [-0.2, 0) is 0 Å². The van der Waals surface area contributed by atoms with Gasteiger partial charge in [-0.25, -0.2) is 0 Å². The van der Waals surface area contributed by atoms with Crippen LogP contribution in [0, 0.1) is 6.92 Å². The Balaban J connectivity index is 2.21. The molecule has 2 rings (SSSR count). The first kappa shape index (κ1) is 15.5. The van der Waals surface area contributed by atoms with Gasteiger partial charge in [-0.1, -0.05) is 48.0 Å². The standard InChI is InChI=1S/C17H21NO3/c1-13-8-10-15(11-9-13)21-16(12-17(19,20)18-2)14-6-4-3-5-7-14/h3-11,16,18-20H,12H2,1-2H3. The highest BCUT2D eigenvalue weighted by Gasteiger charge is 2.28. The Morgan fingerprint density at radius 3 is 2.24 bits per heavy atom. The summed E-state index contributed by atoms with van der Waals surface area (Å²) in [5, 5.41) is 22.2. The maximum absolute atomic E-state index is 9.84. The molecule has 0 bridgehead atoms. The van der Waals surface area contributed by atoms with Crippen molar-refractivity contribution in [2.24, 2.45) is 0 Å². The highest BCUT2D eigenvalue weighted by atomic mass is 16.5. The summed E-state index contributed by atoms with van der Waals surface area (Å²) in [5.74, 6) is -1.29. The van der Waals surface area contributed by atoms with E-state index in [1.54, 1.807) is 0 Å². The Morgan fingerprint density at radius 2 is 1.67 bits per heavy atom. The minimum atomic E-state index is -1.98. The smallest absolute Gasteiger partial charge is 0.226 e. The molecule has 4 nitrogen and oxygen atoms in total. The van der Waals surface area contributed by atoms with Crippen LogP contribution in [0.25, 0.3) is 0 Å². The molecule has 0 spiro atoms. The van der Waals surface area contributed by atoms with Crippen LogP contribution in [-0.4, -0.2) is 23.2 Å². The van der Waals surface area contributed by atoms with E-state index in [1.165, 1.54) is 7.05 Å². The second-order valence-corrected chi connectivity index (χ2v) is 5.10. The number of hydrogen-bond donors (Lipinski definition) is 3. The first-order chi connectivity index (χ1) is 10.00. The fraction of sp³-hybridized carbons (Fsp3) is 0.294. The molecule has 0 fully saturated rings. The molecule has 21 heavy (non-hydrogen) atoms. The Bertz CT molecular complexity index is 552. The van der Waals surface area contributed by atoms with Gasteiger partial charge in [0.25, 0.3) is 0 Å². The average molecular weight is 287 g/mol. The van der Waals surface area contributed by atoms with Crippen LogP contribution in [0.15, 0.2) is 54.6 Å². The molecule has 0 heterocycles. The molecule has 2 aromatic rings. The highest BCUT2D eigenvalue weighted by Crippen LogP contribution is 2.28. The van der Waals surface area contributed by atoms with Gasteiger partial charge in [0.15, 0.2) is 0 Å². The van der Waals surface area contributed by atoms with Crippen molar-refractivity contribution in [1.29, 1.82) is 0 Å². The summed E-state index contributed by atoms with van der Waals surface area (Å²) in [7, 11) is 1.49. The molecule has 1 unspecified atom stereocenters. The van der Waals surface area contributed by atoms with Crippen molar-refractivity contribution < 1.29 is 14.9 Å². The third-order valence-electron chi connectivity index (χ3n) is 3.34. The Kier molecular flexibility index (Phi) is 4.96. The van der Waals surface area contributed by atoms with E-state index in [9.17, 15) is 10.2 Å². The van der Waals surface area contributed by atoms with Crippen molar-refractivity contribution in [2.75, 3.05) is 7.05 Å². The minimum Gasteiger partial charge on any atom is -0.485 e. The van der Waals surface area contributed by atoms with E-state index < -0.39 is 12.0 Å². The Morgan fingerprint density at radius 1 is 1.05 bits per heavy atom. The molecule has 0 saturated carbocycles. The normalized spacial score (nSPS) is 13.0. The van der Waals surface area contributed by atoms with E-state index >= 15 is 0 Å². The fourth-order valence-corrected chi connectivity index (χ4v) is 2.04. The molecule has 0 radical (unpaired) electrons. The molecule has 0 amide bonds. The van der Waals surface area contributed by atoms with E-state index in [4.69, 9.17) is 4.74 Å². The third kappa shape index (κ3) is 4.56. The summed E-state index contributed by atoms with van der Waals surface area (Å²) >= 11 is 0. The molecule has 3 N–H and O–H groups in total. The lowest BCUT2D eigenvalue weighted by molar-refractivity contribution is -0.198. The van der Waals surface area contributed by atoms with Gasteiger partial charge in [-0.15, -0.1) is 0 Å². The van der Waals surface area contributed by atoms with Crippen molar-refractivity contribution in [3.8, 4) is 5.75 Å². The number of hydrogen-bond acceptors (Lipinski definition) is 4. The molecule has 112 valence electrons. The van der Waals surface area contributed by atoms with E-state index in [1.807, 2.05) is 61.5 Å². The van der Waals surface area contributed by atoms with Gasteiger partial charge in [-0.3, -0.25) is 5.32 Å². The monoisotopic (exact) mass is 287 g/mol. The maximum Gasteiger partial charge on any atom is 0.226 e. The predicted octanol–water partition coefficient (Wildman–Crippen LogP) is 2.36. The van der Waals surface area contributed by atoms with Crippen LogP contribution in [0.3, 0.4) is 0 Å². The van der Waals surface area contributed by atoms with Crippen LogP contribution < -0.4 is 10.1 Å². The SMILES string of the molecule is CNC(O)(O)CC(Oc1ccc(C)cc1)c1ccccc1. The van der Waals surface area contributed by atoms with Gasteiger partial charge in [0, 0.05) is 0 Å². The molecule has 0 aliphatic carbocycles. The fourth-order valence-electron chi connectivity index (χ4n) is 2.04. The van der Waals surface area contributed by atoms with E-state index in [0.29, 0.717) is 5.75 Å². The number of aliphatic hydroxyl groups is 2. The number of ether oxygens (including phenoxy) is 1. The maximum atomic E-state index is 9.84. The van der Waals surface area contributed by atoms with E-state index in [-0.39, 0.29) is 6.42 Å². The molecule has 0 saturated heterocycles. The Hall–Kier alpha value is -1.88. The summed E-state index contributed by atoms with van der Waals surface area (Å²) in [6, 6.07) is 17.2. The molecular weight excluding hydrogens is 266 g/mol. The Labute approximate surface area is 125 Å². The van der Waals surface area contributed by atoms with Crippen molar-refractivity contribution >= 4 is 0 Å². The summed E-state index contributed by atoms with van der Waals surface area (Å²) in [6.45, 7) is 2.01. The summed E-state index contributed by atoms with van der Waals surface area (Å²) in [4.78, 5) is 0. The van der Waals surface area contributed by atoms with Crippen molar-refractivity contribution in [3.63, 3.8) is 0 Å². The lowest BCUT2D eigenvalue weighted by Crippen LogP contribution is -2.44. The number of nitrogens with one attached hydrogen (secondary N) is 1. The van der Waals surface area contributed by atoms with Crippen molar-refractivity contribution in [1.82, 2.24) is 5.32 Å². The second-order valence-electron chi connectivity index (χ2n) is 5.10. The molecule has 0 aliphatic heterocycles. The number of rotatable bonds is 6. The minimum absolute atomic E-state index is 0.0153. The molecule has 0 aliphatic rings. The predicted molar refractivity (Wildman–Crippen MR) is 81.8 cm³/mol. The zero-order valence-electron chi connectivity index (χ0n) is 12.3. The van der Waals surface area contributed by atoms with Gasteiger partial charge in [0.1, 0.15) is 11.9 Å². The van der Waals surface area contributed by atoms with Crippen LogP contribution in [0.5, 0.6) is 5.75 Å². The molecule has 0 aromatic heterocycles. The first-order valence-corrected chi connectivity index (χ1v) is 6.92. The topological polar surface area (TPSA) is 61.7 Å². The van der Waals surface area contributed by atoms with Gasteiger partial charge < -0.3 is 14.9 Å². The summed E-state index contributed by atoms with van der Waals surface area (Å²) < 4.78 is 5.93. The molecule has 1 atom stereocenters. The number of aryl methyl sites for hydroxylation is 1. The highest BCUT2D eigenvalue weighted by molar-refractivity contribution is 5.28. The average Bonchev–Trinajstić information content (AvgIpc) is 2.49. The first-order valence-electron chi connectivity index (χ1n) is 6.92. The largest absolute Gasteiger partial charge is 0.485 e. The quantitative estimate of drug-likeness (QED) is 0.714. The van der Waals surface area contributed by atoms with Gasteiger partial charge in [0.05, 0.1) is 6.42 Å². The lowest BCUT2D eigenvalue weighted by Gasteiger charge is -2.27. The lowest BCUT2D eigenvalue weighted by atomic mass is 10.0. The van der Waals surface area contributed by atoms with Gasteiger partial charge in [0.2, 0.25) is 5.91 Å². The van der Waals surface area contributed by atoms with Crippen LogP contribution in [0.4, 0.5) is 0 Å². The second kappa shape index (κ2) is 6.72. The van der Waals surface area contributed by atoms with E-state index in [0.717, 1.165) is 11.1 Å². The summed E-state index contributed by atoms with van der Waals surface area (Å²) in [5.41, 5.74) is 2.04. The van der Waals surface area contributed by atoms with E-state index in [2.05, 4.69) is 5.32 Å². The van der Waals surface area contributed by atoms with Crippen molar-refractivity contribution in [2.45, 2.75) is 25.4 Å². The van der Waals surface area contributed by atoms with Crippen molar-refractivity contribution in [3.05, 3.63) is 65.7 Å². The molecular formula is C17H21NO3. The van der Waals surface area contributed by atoms with Gasteiger partial charge >= 0.3 is 0 Å². The number of benzene rings is 2. The third-order valence-corrected chi connectivity index (χ3v) is 3.34. The zero-order chi connectivity index (χ0) is 15.3. The zero-order valence-corrected chi connectivity index (χ0v) is 12.3. The van der Waals surface area contributed by atoms with Crippen LogP contribution in [0.1, 0.15) is 23.7 Å².